The highest BCUT2D eigenvalue weighted by Crippen LogP contribution is 2.27. The molecule has 0 amide bonds. The molecule has 0 atom stereocenters. The number of aromatic nitrogens is 4. The Balaban J connectivity index is 2.19. The molecule has 1 fully saturated rings. The lowest BCUT2D eigenvalue weighted by Gasteiger charge is -2.19. The number of fused-ring (bicyclic) bond motifs is 1. The van der Waals surface area contributed by atoms with Gasteiger partial charge in [-0.15, -0.1) is 0 Å². The number of aromatic amines is 1. The third kappa shape index (κ3) is 1.77. The first-order valence-corrected chi connectivity index (χ1v) is 6.32. The van der Waals surface area contributed by atoms with E-state index in [2.05, 4.69) is 24.8 Å². The Labute approximate surface area is 106 Å². The van der Waals surface area contributed by atoms with Gasteiger partial charge in [-0.1, -0.05) is 0 Å². The van der Waals surface area contributed by atoms with Crippen molar-refractivity contribution in [2.45, 2.75) is 19.8 Å². The number of anilines is 2. The highest BCUT2D eigenvalue weighted by Gasteiger charge is 2.20. The number of aryl methyl sites for hydroxylation is 1. The lowest BCUT2D eigenvalue weighted by molar-refractivity contribution is 0.920. The van der Waals surface area contributed by atoms with Gasteiger partial charge in [0.1, 0.15) is 11.3 Å². The number of hydrogen-bond acceptors (Lipinski definition) is 5. The number of imidazole rings is 1. The topological polar surface area (TPSA) is 60.9 Å². The van der Waals surface area contributed by atoms with Crippen LogP contribution in [0.1, 0.15) is 18.7 Å². The number of H-pyrrole nitrogens is 1. The molecule has 1 aliphatic heterocycles. The number of nitrogens with one attached hydrogen (secondary N) is 1. The van der Waals surface area contributed by atoms with E-state index in [9.17, 15) is 0 Å². The van der Waals surface area contributed by atoms with E-state index in [1.54, 1.807) is 0 Å². The molecule has 18 heavy (non-hydrogen) atoms. The Kier molecular flexibility index (Phi) is 2.57. The minimum Gasteiger partial charge on any atom is -0.355 e. The molecule has 0 saturated carbocycles. The molecule has 96 valence electrons. The van der Waals surface area contributed by atoms with E-state index in [4.69, 9.17) is 0 Å². The average molecular weight is 246 g/mol. The van der Waals surface area contributed by atoms with Gasteiger partial charge in [0.25, 0.3) is 0 Å². The molecular weight excluding hydrogens is 228 g/mol. The van der Waals surface area contributed by atoms with Crippen molar-refractivity contribution in [2.75, 3.05) is 37.0 Å². The molecule has 6 nitrogen and oxygen atoms in total. The van der Waals surface area contributed by atoms with Crippen LogP contribution in [0.5, 0.6) is 0 Å². The Hall–Kier alpha value is -1.85. The second-order valence-electron chi connectivity index (χ2n) is 4.96. The van der Waals surface area contributed by atoms with Crippen molar-refractivity contribution in [1.29, 1.82) is 0 Å². The summed E-state index contributed by atoms with van der Waals surface area (Å²) in [6.45, 7) is 4.08. The zero-order valence-corrected chi connectivity index (χ0v) is 11.1. The third-order valence-corrected chi connectivity index (χ3v) is 3.24. The van der Waals surface area contributed by atoms with Crippen LogP contribution < -0.4 is 9.80 Å². The van der Waals surface area contributed by atoms with Crippen molar-refractivity contribution < 1.29 is 0 Å². The predicted octanol–water partition coefficient (Wildman–Crippen LogP) is 1.33. The van der Waals surface area contributed by atoms with Gasteiger partial charge in [-0.05, 0) is 19.8 Å². The van der Waals surface area contributed by atoms with Crippen molar-refractivity contribution in [1.82, 2.24) is 19.9 Å². The van der Waals surface area contributed by atoms with E-state index in [1.165, 1.54) is 12.8 Å². The van der Waals surface area contributed by atoms with Crippen LogP contribution in [0.4, 0.5) is 11.8 Å². The molecule has 0 spiro atoms. The first kappa shape index (κ1) is 11.3. The molecule has 0 aliphatic carbocycles. The maximum Gasteiger partial charge on any atom is 0.228 e. The third-order valence-electron chi connectivity index (χ3n) is 3.24. The summed E-state index contributed by atoms with van der Waals surface area (Å²) in [6, 6.07) is 0. The molecule has 3 rings (SSSR count). The summed E-state index contributed by atoms with van der Waals surface area (Å²) in [5.41, 5.74) is 1.72. The Morgan fingerprint density at radius 3 is 2.50 bits per heavy atom. The summed E-state index contributed by atoms with van der Waals surface area (Å²) in [5, 5.41) is 0. The van der Waals surface area contributed by atoms with Crippen molar-refractivity contribution in [3.8, 4) is 0 Å². The number of nitrogens with zero attached hydrogens (tertiary/aromatic N) is 5. The van der Waals surface area contributed by atoms with Crippen LogP contribution in [-0.4, -0.2) is 47.1 Å². The highest BCUT2D eigenvalue weighted by molar-refractivity contribution is 5.85. The smallest absolute Gasteiger partial charge is 0.228 e. The fourth-order valence-corrected chi connectivity index (χ4v) is 2.34. The first-order valence-electron chi connectivity index (χ1n) is 6.32. The fourth-order valence-electron chi connectivity index (χ4n) is 2.34. The molecule has 1 N–H and O–H groups in total. The predicted molar refractivity (Wildman–Crippen MR) is 72.2 cm³/mol. The molecule has 0 aromatic carbocycles. The highest BCUT2D eigenvalue weighted by atomic mass is 15.3. The van der Waals surface area contributed by atoms with E-state index < -0.39 is 0 Å². The molecule has 2 aromatic heterocycles. The van der Waals surface area contributed by atoms with Crippen molar-refractivity contribution >= 4 is 22.9 Å². The van der Waals surface area contributed by atoms with E-state index in [-0.39, 0.29) is 0 Å². The molecule has 0 unspecified atom stereocenters. The maximum atomic E-state index is 4.67. The fraction of sp³-hybridized carbons (Fsp3) is 0.583. The SMILES string of the molecule is Cc1nc2nc(N(C)C)nc(N3CCCC3)c2[nH]1. The quantitative estimate of drug-likeness (QED) is 0.866. The van der Waals surface area contributed by atoms with E-state index >= 15 is 0 Å². The maximum absolute atomic E-state index is 4.67. The molecule has 1 aliphatic rings. The van der Waals surface area contributed by atoms with Gasteiger partial charge >= 0.3 is 0 Å². The molecule has 3 heterocycles. The number of hydrogen-bond donors (Lipinski definition) is 1. The molecule has 0 bridgehead atoms. The van der Waals surface area contributed by atoms with Gasteiger partial charge in [-0.2, -0.15) is 9.97 Å². The lowest BCUT2D eigenvalue weighted by Crippen LogP contribution is -2.22. The van der Waals surface area contributed by atoms with Crippen molar-refractivity contribution in [3.05, 3.63) is 5.82 Å². The standard InChI is InChI=1S/C12H18N6/c1-8-13-9-10(14-8)15-12(17(2)3)16-11(9)18-6-4-5-7-18/h4-7H2,1-3H3,(H,13,14,15,16). The monoisotopic (exact) mass is 246 g/mol. The second-order valence-corrected chi connectivity index (χ2v) is 4.96. The van der Waals surface area contributed by atoms with Crippen LogP contribution in [0.3, 0.4) is 0 Å². The van der Waals surface area contributed by atoms with Crippen LogP contribution >= 0.6 is 0 Å². The van der Waals surface area contributed by atoms with Gasteiger partial charge in [0.15, 0.2) is 11.5 Å². The molecular formula is C12H18N6. The van der Waals surface area contributed by atoms with Crippen LogP contribution in [0.15, 0.2) is 0 Å². The van der Waals surface area contributed by atoms with Crippen LogP contribution in [0, 0.1) is 6.92 Å². The average Bonchev–Trinajstić information content (AvgIpc) is 2.94. The summed E-state index contributed by atoms with van der Waals surface area (Å²) >= 11 is 0. The van der Waals surface area contributed by atoms with Gasteiger partial charge in [0, 0.05) is 27.2 Å². The summed E-state index contributed by atoms with van der Waals surface area (Å²) in [7, 11) is 3.91. The largest absolute Gasteiger partial charge is 0.355 e. The van der Waals surface area contributed by atoms with Gasteiger partial charge in [-0.25, -0.2) is 4.98 Å². The summed E-state index contributed by atoms with van der Waals surface area (Å²) in [4.78, 5) is 21.1. The van der Waals surface area contributed by atoms with Crippen LogP contribution in [0.25, 0.3) is 11.2 Å². The Bertz CT molecular complexity index is 567. The van der Waals surface area contributed by atoms with Crippen molar-refractivity contribution in [3.63, 3.8) is 0 Å². The lowest BCUT2D eigenvalue weighted by atomic mass is 10.4. The van der Waals surface area contributed by atoms with E-state index in [0.717, 1.165) is 41.8 Å². The van der Waals surface area contributed by atoms with Gasteiger partial charge in [-0.3, -0.25) is 0 Å². The number of rotatable bonds is 2. The van der Waals surface area contributed by atoms with Gasteiger partial charge in [0.05, 0.1) is 0 Å². The van der Waals surface area contributed by atoms with Crippen molar-refractivity contribution in [2.24, 2.45) is 0 Å². The van der Waals surface area contributed by atoms with Gasteiger partial charge < -0.3 is 14.8 Å². The summed E-state index contributed by atoms with van der Waals surface area (Å²) in [5.74, 6) is 2.59. The summed E-state index contributed by atoms with van der Waals surface area (Å²) < 4.78 is 0. The second kappa shape index (κ2) is 4.12. The van der Waals surface area contributed by atoms with Crippen LogP contribution in [-0.2, 0) is 0 Å². The minimum atomic E-state index is 0.718. The van der Waals surface area contributed by atoms with Gasteiger partial charge in [0.2, 0.25) is 5.95 Å². The Morgan fingerprint density at radius 1 is 1.11 bits per heavy atom. The first-order chi connectivity index (χ1) is 8.65. The minimum absolute atomic E-state index is 0.718. The molecule has 6 heteroatoms. The normalized spacial score (nSPS) is 15.6. The van der Waals surface area contributed by atoms with E-state index in [1.807, 2.05) is 25.9 Å². The summed E-state index contributed by atoms with van der Waals surface area (Å²) in [6.07, 6.45) is 2.46. The zero-order chi connectivity index (χ0) is 12.7. The molecule has 0 radical (unpaired) electrons. The van der Waals surface area contributed by atoms with E-state index in [0.29, 0.717) is 0 Å². The Morgan fingerprint density at radius 2 is 1.83 bits per heavy atom. The zero-order valence-electron chi connectivity index (χ0n) is 11.1. The molecule has 1 saturated heterocycles. The molecule has 2 aromatic rings. The van der Waals surface area contributed by atoms with Crippen LogP contribution in [0.2, 0.25) is 0 Å².